The van der Waals surface area contributed by atoms with Gasteiger partial charge in [0.25, 0.3) is 11.6 Å². The molecule has 7 nitrogen and oxygen atoms in total. The minimum Gasteiger partial charge on any atom is -0.497 e. The van der Waals surface area contributed by atoms with Crippen molar-refractivity contribution in [2.45, 2.75) is 23.7 Å². The van der Waals surface area contributed by atoms with Gasteiger partial charge in [-0.25, -0.2) is 0 Å². The summed E-state index contributed by atoms with van der Waals surface area (Å²) in [7, 11) is 1.66. The van der Waals surface area contributed by atoms with Crippen molar-refractivity contribution >= 4 is 34.3 Å². The number of piperidine rings is 1. The predicted octanol–water partition coefficient (Wildman–Crippen LogP) is 4.83. The second kappa shape index (κ2) is 8.39. The number of aromatic nitrogens is 1. The van der Waals surface area contributed by atoms with E-state index < -0.39 is 4.92 Å². The van der Waals surface area contributed by atoms with Gasteiger partial charge in [-0.1, -0.05) is 0 Å². The third-order valence-electron chi connectivity index (χ3n) is 5.77. The number of hydrogen-bond donors (Lipinski definition) is 1. The van der Waals surface area contributed by atoms with E-state index in [2.05, 4.69) is 4.98 Å². The molecule has 0 unspecified atom stereocenters. The largest absolute Gasteiger partial charge is 0.497 e. The van der Waals surface area contributed by atoms with Crippen LogP contribution < -0.4 is 4.74 Å². The predicted molar refractivity (Wildman–Crippen MR) is 118 cm³/mol. The molecule has 1 fully saturated rings. The quantitative estimate of drug-likeness (QED) is 0.359. The van der Waals surface area contributed by atoms with Crippen molar-refractivity contribution in [1.82, 2.24) is 9.88 Å². The maximum Gasteiger partial charge on any atom is 0.282 e. The van der Waals surface area contributed by atoms with Crippen LogP contribution in [0.5, 0.6) is 5.75 Å². The zero-order valence-corrected chi connectivity index (χ0v) is 17.7. The van der Waals surface area contributed by atoms with Crippen molar-refractivity contribution in [3.05, 3.63) is 63.8 Å². The average molecular weight is 426 g/mol. The van der Waals surface area contributed by atoms with Crippen molar-refractivity contribution in [1.29, 1.82) is 0 Å². The molecular formula is C22H23N3O4S. The number of H-pyrrole nitrogens is 1. The second-order valence-electron chi connectivity index (χ2n) is 7.36. The van der Waals surface area contributed by atoms with E-state index in [9.17, 15) is 14.9 Å². The van der Waals surface area contributed by atoms with Crippen LogP contribution in [0.4, 0.5) is 5.69 Å². The van der Waals surface area contributed by atoms with E-state index in [0.29, 0.717) is 19.0 Å². The number of hydrogen-bond acceptors (Lipinski definition) is 5. The normalized spacial score (nSPS) is 14.8. The molecule has 0 atom stereocenters. The van der Waals surface area contributed by atoms with Crippen LogP contribution in [0.2, 0.25) is 0 Å². The first kappa shape index (κ1) is 20.3. The van der Waals surface area contributed by atoms with Crippen LogP contribution in [0.25, 0.3) is 10.9 Å². The molecule has 0 spiro atoms. The summed E-state index contributed by atoms with van der Waals surface area (Å²) >= 11 is 1.46. The number of benzene rings is 2. The summed E-state index contributed by atoms with van der Waals surface area (Å²) in [5.41, 5.74) is 2.32. The SMILES string of the molecule is COc1ccc2[nH]cc(C3CCN(C(=O)c4cc(SC)ccc4[N+](=O)[O-])CC3)c2c1. The monoisotopic (exact) mass is 425 g/mol. The number of carbonyl (C=O) groups is 1. The molecule has 2 heterocycles. The van der Waals surface area contributed by atoms with E-state index in [0.717, 1.165) is 34.4 Å². The molecule has 0 radical (unpaired) electrons. The van der Waals surface area contributed by atoms with E-state index >= 15 is 0 Å². The average Bonchev–Trinajstić information content (AvgIpc) is 3.21. The Hall–Kier alpha value is -3.00. The smallest absolute Gasteiger partial charge is 0.282 e. The number of nitrogens with one attached hydrogen (secondary N) is 1. The van der Waals surface area contributed by atoms with Gasteiger partial charge in [-0.3, -0.25) is 14.9 Å². The number of methoxy groups -OCH3 is 1. The summed E-state index contributed by atoms with van der Waals surface area (Å²) in [6, 6.07) is 10.7. The first-order chi connectivity index (χ1) is 14.5. The van der Waals surface area contributed by atoms with Crippen LogP contribution in [-0.2, 0) is 0 Å². The van der Waals surface area contributed by atoms with Crippen LogP contribution in [-0.4, -0.2) is 47.2 Å². The lowest BCUT2D eigenvalue weighted by molar-refractivity contribution is -0.385. The summed E-state index contributed by atoms with van der Waals surface area (Å²) in [4.78, 5) is 29.9. The zero-order valence-electron chi connectivity index (χ0n) is 16.9. The molecule has 0 bridgehead atoms. The van der Waals surface area contributed by atoms with Crippen molar-refractivity contribution in [2.75, 3.05) is 26.5 Å². The molecule has 1 aliphatic heterocycles. The van der Waals surface area contributed by atoms with Crippen LogP contribution in [0, 0.1) is 10.1 Å². The van der Waals surface area contributed by atoms with Gasteiger partial charge in [-0.05, 0) is 60.9 Å². The molecule has 1 aromatic heterocycles. The summed E-state index contributed by atoms with van der Waals surface area (Å²) < 4.78 is 5.36. The summed E-state index contributed by atoms with van der Waals surface area (Å²) in [5.74, 6) is 0.871. The Bertz CT molecular complexity index is 1100. The Morgan fingerprint density at radius 3 is 2.67 bits per heavy atom. The van der Waals surface area contributed by atoms with Crippen molar-refractivity contribution in [3.8, 4) is 5.75 Å². The van der Waals surface area contributed by atoms with Gasteiger partial charge < -0.3 is 14.6 Å². The lowest BCUT2D eigenvalue weighted by Gasteiger charge is -2.32. The first-order valence-electron chi connectivity index (χ1n) is 9.78. The Labute approximate surface area is 178 Å². The molecule has 156 valence electrons. The van der Waals surface area contributed by atoms with E-state index in [-0.39, 0.29) is 17.2 Å². The minimum atomic E-state index is -0.483. The summed E-state index contributed by atoms with van der Waals surface area (Å²) in [6.07, 6.45) is 5.55. The molecule has 8 heteroatoms. The molecule has 0 saturated carbocycles. The number of fused-ring (bicyclic) bond motifs is 1. The van der Waals surface area contributed by atoms with Crippen LogP contribution in [0.1, 0.15) is 34.7 Å². The lowest BCUT2D eigenvalue weighted by Crippen LogP contribution is -2.38. The molecule has 4 rings (SSSR count). The highest BCUT2D eigenvalue weighted by molar-refractivity contribution is 7.98. The Kier molecular flexibility index (Phi) is 5.67. The topological polar surface area (TPSA) is 88.5 Å². The van der Waals surface area contributed by atoms with Crippen LogP contribution >= 0.6 is 11.8 Å². The number of rotatable bonds is 5. The maximum absolute atomic E-state index is 13.1. The number of nitrogens with zero attached hydrogens (tertiary/aromatic N) is 2. The van der Waals surface area contributed by atoms with Crippen molar-refractivity contribution in [3.63, 3.8) is 0 Å². The Morgan fingerprint density at radius 2 is 2.00 bits per heavy atom. The van der Waals surface area contributed by atoms with E-state index in [4.69, 9.17) is 4.74 Å². The Morgan fingerprint density at radius 1 is 1.23 bits per heavy atom. The molecule has 0 aliphatic carbocycles. The molecule has 2 aromatic carbocycles. The van der Waals surface area contributed by atoms with Gasteiger partial charge in [0.2, 0.25) is 0 Å². The van der Waals surface area contributed by atoms with Crippen LogP contribution in [0.3, 0.4) is 0 Å². The number of nitro groups is 1. The molecule has 1 saturated heterocycles. The third kappa shape index (κ3) is 3.75. The molecule has 30 heavy (non-hydrogen) atoms. The molecular weight excluding hydrogens is 402 g/mol. The highest BCUT2D eigenvalue weighted by atomic mass is 32.2. The van der Waals surface area contributed by atoms with Gasteiger partial charge >= 0.3 is 0 Å². The number of carbonyl (C=O) groups excluding carboxylic acids is 1. The minimum absolute atomic E-state index is 0.136. The summed E-state index contributed by atoms with van der Waals surface area (Å²) in [5, 5.41) is 12.5. The number of nitro benzene ring substituents is 1. The fraction of sp³-hybridized carbons (Fsp3) is 0.318. The highest BCUT2D eigenvalue weighted by Gasteiger charge is 2.30. The van der Waals surface area contributed by atoms with Gasteiger partial charge in [-0.15, -0.1) is 11.8 Å². The fourth-order valence-electron chi connectivity index (χ4n) is 4.12. The van der Waals surface area contributed by atoms with Gasteiger partial charge in [0.15, 0.2) is 0 Å². The number of thioether (sulfide) groups is 1. The maximum atomic E-state index is 13.1. The van der Waals surface area contributed by atoms with E-state index in [1.807, 2.05) is 30.7 Å². The number of amides is 1. The highest BCUT2D eigenvalue weighted by Crippen LogP contribution is 2.35. The van der Waals surface area contributed by atoms with E-state index in [1.165, 1.54) is 23.4 Å². The lowest BCUT2D eigenvalue weighted by atomic mass is 9.89. The molecule has 1 amide bonds. The van der Waals surface area contributed by atoms with Gasteiger partial charge in [0.1, 0.15) is 11.3 Å². The molecule has 1 N–H and O–H groups in total. The van der Waals surface area contributed by atoms with Crippen LogP contribution in [0.15, 0.2) is 47.5 Å². The fourth-order valence-corrected chi connectivity index (χ4v) is 4.56. The first-order valence-corrected chi connectivity index (χ1v) is 11.0. The number of ether oxygens (including phenoxy) is 1. The number of aromatic amines is 1. The van der Waals surface area contributed by atoms with Gasteiger partial charge in [-0.2, -0.15) is 0 Å². The second-order valence-corrected chi connectivity index (χ2v) is 8.24. The van der Waals surface area contributed by atoms with Crippen molar-refractivity contribution < 1.29 is 14.5 Å². The third-order valence-corrected chi connectivity index (χ3v) is 6.50. The number of likely N-dealkylation sites (tertiary alicyclic amines) is 1. The summed E-state index contributed by atoms with van der Waals surface area (Å²) in [6.45, 7) is 1.14. The van der Waals surface area contributed by atoms with Gasteiger partial charge in [0, 0.05) is 41.2 Å². The molecule has 3 aromatic rings. The van der Waals surface area contributed by atoms with Gasteiger partial charge in [0.05, 0.1) is 12.0 Å². The van der Waals surface area contributed by atoms with E-state index in [1.54, 1.807) is 24.1 Å². The molecule has 1 aliphatic rings. The zero-order chi connectivity index (χ0) is 21.3. The Balaban J connectivity index is 1.53. The standard InChI is InChI=1S/C22H23N3O4S/c1-29-15-3-5-20-17(11-15)19(13-23-20)14-7-9-24(10-8-14)22(26)18-12-16(30-2)4-6-21(18)25(27)28/h3-6,11-14,23H,7-10H2,1-2H3. The van der Waals surface area contributed by atoms with Crippen molar-refractivity contribution in [2.24, 2.45) is 0 Å².